The lowest BCUT2D eigenvalue weighted by atomic mass is 9.83. The molecular weight excluding hydrogens is 124 g/mol. The third-order valence-electron chi connectivity index (χ3n) is 2.91. The van der Waals surface area contributed by atoms with Crippen molar-refractivity contribution in [3.05, 3.63) is 0 Å². The zero-order valence-electron chi connectivity index (χ0n) is 6.51. The predicted molar refractivity (Wildman–Crippen MR) is 40.9 cm³/mol. The van der Waals surface area contributed by atoms with Crippen LogP contribution in [0.3, 0.4) is 0 Å². The first-order valence-corrected chi connectivity index (χ1v) is 4.58. The molecule has 1 atom stereocenters. The predicted octanol–water partition coefficient (Wildman–Crippen LogP) is 2.36. The molecule has 2 fully saturated rings. The summed E-state index contributed by atoms with van der Waals surface area (Å²) in [6.07, 6.45) is 9.23. The van der Waals surface area contributed by atoms with Gasteiger partial charge in [-0.3, -0.25) is 0 Å². The first kappa shape index (κ1) is 6.66. The van der Waals surface area contributed by atoms with E-state index in [1.807, 2.05) is 0 Å². The Morgan fingerprint density at radius 2 is 1.60 bits per heavy atom. The van der Waals surface area contributed by atoms with Crippen molar-refractivity contribution >= 4 is 0 Å². The van der Waals surface area contributed by atoms with Crippen molar-refractivity contribution in [2.45, 2.75) is 44.6 Å². The maximum Gasteiger partial charge on any atom is 0.0625 e. The van der Waals surface area contributed by atoms with Gasteiger partial charge in [-0.1, -0.05) is 19.3 Å². The molecule has 1 aliphatic heterocycles. The molecule has 0 aromatic carbocycles. The van der Waals surface area contributed by atoms with Crippen molar-refractivity contribution in [1.29, 1.82) is 0 Å². The second kappa shape index (κ2) is 2.91. The molecule has 10 heavy (non-hydrogen) atoms. The Hall–Kier alpha value is -0.0400. The summed E-state index contributed by atoms with van der Waals surface area (Å²) in [6, 6.07) is 0. The fraction of sp³-hybridized carbons (Fsp3) is 1.00. The normalized spacial score (nSPS) is 35.4. The van der Waals surface area contributed by atoms with Crippen LogP contribution in [0.4, 0.5) is 0 Å². The third-order valence-corrected chi connectivity index (χ3v) is 2.91. The second-order valence-corrected chi connectivity index (χ2v) is 3.60. The molecule has 0 N–H and O–H groups in total. The lowest BCUT2D eigenvalue weighted by Crippen LogP contribution is -2.35. The van der Waals surface area contributed by atoms with Crippen LogP contribution in [-0.2, 0) is 4.74 Å². The summed E-state index contributed by atoms with van der Waals surface area (Å²) in [5.74, 6) is 0.933. The van der Waals surface area contributed by atoms with E-state index in [-0.39, 0.29) is 0 Å². The monoisotopic (exact) mass is 140 g/mol. The molecule has 58 valence electrons. The summed E-state index contributed by atoms with van der Waals surface area (Å²) in [5.41, 5.74) is 0. The average molecular weight is 140 g/mol. The van der Waals surface area contributed by atoms with Crippen LogP contribution in [0, 0.1) is 5.92 Å². The molecule has 0 amide bonds. The van der Waals surface area contributed by atoms with Crippen LogP contribution in [-0.4, -0.2) is 12.7 Å². The lowest BCUT2D eigenvalue weighted by molar-refractivity contribution is -0.0920. The Morgan fingerprint density at radius 1 is 0.900 bits per heavy atom. The van der Waals surface area contributed by atoms with Crippen molar-refractivity contribution in [1.82, 2.24) is 0 Å². The van der Waals surface area contributed by atoms with Crippen molar-refractivity contribution in [3.8, 4) is 0 Å². The summed E-state index contributed by atoms with van der Waals surface area (Å²) in [6.45, 7) is 1.03. The summed E-state index contributed by atoms with van der Waals surface area (Å²) >= 11 is 0. The molecule has 1 saturated carbocycles. The minimum Gasteiger partial charge on any atom is -0.378 e. The van der Waals surface area contributed by atoms with Gasteiger partial charge in [0.2, 0.25) is 0 Å². The first-order chi connectivity index (χ1) is 4.97. The smallest absolute Gasteiger partial charge is 0.0625 e. The maximum atomic E-state index is 5.47. The molecule has 0 radical (unpaired) electrons. The number of ether oxygens (including phenoxy) is 1. The first-order valence-electron chi connectivity index (χ1n) is 4.58. The van der Waals surface area contributed by atoms with Crippen LogP contribution >= 0.6 is 0 Å². The molecule has 2 aliphatic rings. The highest BCUT2D eigenvalue weighted by molar-refractivity contribution is 4.78. The largest absolute Gasteiger partial charge is 0.378 e. The van der Waals surface area contributed by atoms with Crippen molar-refractivity contribution < 1.29 is 4.74 Å². The molecule has 0 bridgehead atoms. The van der Waals surface area contributed by atoms with E-state index in [9.17, 15) is 0 Å². The zero-order valence-corrected chi connectivity index (χ0v) is 6.51. The standard InChI is InChI=1S/C9H16O/c1-2-4-8(5-3-1)9-6-7-10-9/h8-9H,1-7H2. The highest BCUT2D eigenvalue weighted by Crippen LogP contribution is 2.32. The molecule has 1 aliphatic carbocycles. The summed E-state index contributed by atoms with van der Waals surface area (Å²) in [4.78, 5) is 0. The summed E-state index contributed by atoms with van der Waals surface area (Å²) in [7, 11) is 0. The second-order valence-electron chi connectivity index (χ2n) is 3.60. The fourth-order valence-corrected chi connectivity index (χ4v) is 2.13. The van der Waals surface area contributed by atoms with Crippen molar-refractivity contribution in [2.24, 2.45) is 5.92 Å². The molecule has 1 unspecified atom stereocenters. The van der Waals surface area contributed by atoms with Gasteiger partial charge < -0.3 is 4.74 Å². The molecule has 0 aromatic heterocycles. The molecule has 1 heteroatoms. The molecule has 1 heterocycles. The molecule has 1 saturated heterocycles. The van der Waals surface area contributed by atoms with E-state index in [0.717, 1.165) is 12.5 Å². The quantitative estimate of drug-likeness (QED) is 0.543. The van der Waals surface area contributed by atoms with Crippen LogP contribution in [0.5, 0.6) is 0 Å². The van der Waals surface area contributed by atoms with Crippen LogP contribution in [0.1, 0.15) is 38.5 Å². The Balaban J connectivity index is 1.78. The lowest BCUT2D eigenvalue weighted by Gasteiger charge is -2.36. The Kier molecular flexibility index (Phi) is 1.94. The third kappa shape index (κ3) is 1.20. The van der Waals surface area contributed by atoms with E-state index in [2.05, 4.69) is 0 Å². The maximum absolute atomic E-state index is 5.47. The molecular formula is C9H16O. The molecule has 2 rings (SSSR count). The zero-order chi connectivity index (χ0) is 6.81. The minimum absolute atomic E-state index is 0.667. The minimum atomic E-state index is 0.667. The van der Waals surface area contributed by atoms with E-state index in [4.69, 9.17) is 4.74 Å². The van der Waals surface area contributed by atoms with Gasteiger partial charge in [-0.25, -0.2) is 0 Å². The molecule has 0 spiro atoms. The molecule has 0 aromatic rings. The SMILES string of the molecule is C1CCC(C2CCO2)CC1. The average Bonchev–Trinajstić information content (AvgIpc) is 1.86. The Morgan fingerprint density at radius 3 is 2.10 bits per heavy atom. The van der Waals surface area contributed by atoms with Gasteiger partial charge in [0.25, 0.3) is 0 Å². The van der Waals surface area contributed by atoms with E-state index in [0.29, 0.717) is 6.10 Å². The number of hydrogen-bond donors (Lipinski definition) is 0. The fourth-order valence-electron chi connectivity index (χ4n) is 2.13. The van der Waals surface area contributed by atoms with Crippen LogP contribution in [0.2, 0.25) is 0 Å². The summed E-state index contributed by atoms with van der Waals surface area (Å²) in [5, 5.41) is 0. The van der Waals surface area contributed by atoms with Gasteiger partial charge >= 0.3 is 0 Å². The van der Waals surface area contributed by atoms with E-state index >= 15 is 0 Å². The van der Waals surface area contributed by atoms with Crippen LogP contribution < -0.4 is 0 Å². The highest BCUT2D eigenvalue weighted by Gasteiger charge is 2.28. The van der Waals surface area contributed by atoms with Crippen LogP contribution in [0.15, 0.2) is 0 Å². The number of hydrogen-bond acceptors (Lipinski definition) is 1. The topological polar surface area (TPSA) is 9.23 Å². The van der Waals surface area contributed by atoms with Gasteiger partial charge in [-0.2, -0.15) is 0 Å². The van der Waals surface area contributed by atoms with E-state index in [1.54, 1.807) is 0 Å². The van der Waals surface area contributed by atoms with E-state index in [1.165, 1.54) is 38.5 Å². The van der Waals surface area contributed by atoms with Gasteiger partial charge in [-0.15, -0.1) is 0 Å². The van der Waals surface area contributed by atoms with Crippen molar-refractivity contribution in [2.75, 3.05) is 6.61 Å². The van der Waals surface area contributed by atoms with Gasteiger partial charge in [0.05, 0.1) is 6.10 Å². The van der Waals surface area contributed by atoms with Crippen LogP contribution in [0.25, 0.3) is 0 Å². The Bertz CT molecular complexity index is 101. The number of rotatable bonds is 1. The van der Waals surface area contributed by atoms with Gasteiger partial charge in [0.1, 0.15) is 0 Å². The summed E-state index contributed by atoms with van der Waals surface area (Å²) < 4.78 is 5.47. The van der Waals surface area contributed by atoms with Gasteiger partial charge in [-0.05, 0) is 25.2 Å². The molecule has 1 nitrogen and oxygen atoms in total. The van der Waals surface area contributed by atoms with E-state index < -0.39 is 0 Å². The van der Waals surface area contributed by atoms with Gasteiger partial charge in [0.15, 0.2) is 0 Å². The van der Waals surface area contributed by atoms with Gasteiger partial charge in [0, 0.05) is 6.61 Å². The van der Waals surface area contributed by atoms with Crippen molar-refractivity contribution in [3.63, 3.8) is 0 Å². The highest BCUT2D eigenvalue weighted by atomic mass is 16.5. The Labute approximate surface area is 62.8 Å².